The highest BCUT2D eigenvalue weighted by molar-refractivity contribution is 6.35. The average Bonchev–Trinajstić information content (AvgIpc) is 2.17. The maximum absolute atomic E-state index is 6.04. The summed E-state index contributed by atoms with van der Waals surface area (Å²) in [5.74, 6) is 0.840. The normalized spacial score (nSPS) is 10.5. The van der Waals surface area contributed by atoms with E-state index in [4.69, 9.17) is 16.3 Å². The highest BCUT2D eigenvalue weighted by Gasteiger charge is 2.04. The number of fused-ring (bicyclic) bond motifs is 1. The Kier molecular flexibility index (Phi) is 2.30. The van der Waals surface area contributed by atoms with Gasteiger partial charge < -0.3 is 4.74 Å². The van der Waals surface area contributed by atoms with Gasteiger partial charge in [0.05, 0.1) is 17.6 Å². The Labute approximate surface area is 87.5 Å². The molecule has 3 heteroatoms. The van der Waals surface area contributed by atoms with Crippen molar-refractivity contribution in [1.82, 2.24) is 4.98 Å². The van der Waals surface area contributed by atoms with Crippen molar-refractivity contribution in [2.45, 2.75) is 6.92 Å². The van der Waals surface area contributed by atoms with Crippen LogP contribution in [0, 0.1) is 6.92 Å². The van der Waals surface area contributed by atoms with Gasteiger partial charge in [0.25, 0.3) is 0 Å². The number of halogens is 1. The Morgan fingerprint density at radius 3 is 2.86 bits per heavy atom. The lowest BCUT2D eigenvalue weighted by Gasteiger charge is -2.06. The Balaban J connectivity index is 2.80. The van der Waals surface area contributed by atoms with Gasteiger partial charge in [0.15, 0.2) is 0 Å². The van der Waals surface area contributed by atoms with Crippen LogP contribution < -0.4 is 4.74 Å². The molecule has 1 aromatic carbocycles. The molecule has 1 aromatic heterocycles. The summed E-state index contributed by atoms with van der Waals surface area (Å²) in [7, 11) is 1.65. The van der Waals surface area contributed by atoms with E-state index >= 15 is 0 Å². The monoisotopic (exact) mass is 207 g/mol. The van der Waals surface area contributed by atoms with Crippen LogP contribution in [0.25, 0.3) is 10.9 Å². The quantitative estimate of drug-likeness (QED) is 0.717. The number of pyridine rings is 1. The molecule has 0 unspecified atom stereocenters. The van der Waals surface area contributed by atoms with Gasteiger partial charge in [-0.05, 0) is 30.7 Å². The van der Waals surface area contributed by atoms with Crippen molar-refractivity contribution >= 4 is 22.5 Å². The molecule has 0 fully saturated rings. The van der Waals surface area contributed by atoms with Crippen LogP contribution in [0.5, 0.6) is 5.75 Å². The molecule has 0 aliphatic rings. The Hall–Kier alpha value is -1.28. The van der Waals surface area contributed by atoms with Crippen LogP contribution >= 0.6 is 11.6 Å². The van der Waals surface area contributed by atoms with Crippen molar-refractivity contribution in [3.05, 3.63) is 35.0 Å². The predicted octanol–water partition coefficient (Wildman–Crippen LogP) is 3.21. The molecule has 2 aromatic rings. The van der Waals surface area contributed by atoms with Crippen molar-refractivity contribution in [2.75, 3.05) is 7.11 Å². The molecule has 2 nitrogen and oxygen atoms in total. The first kappa shape index (κ1) is 9.28. The molecule has 0 amide bonds. The van der Waals surface area contributed by atoms with E-state index in [1.54, 1.807) is 19.4 Å². The second-order valence-corrected chi connectivity index (χ2v) is 3.54. The SMILES string of the molecule is COc1cc2c(Cl)ccnc2cc1C. The van der Waals surface area contributed by atoms with Gasteiger partial charge in [0.1, 0.15) is 5.75 Å². The summed E-state index contributed by atoms with van der Waals surface area (Å²) in [4.78, 5) is 4.24. The molecule has 72 valence electrons. The molecule has 0 bridgehead atoms. The van der Waals surface area contributed by atoms with E-state index in [0.717, 1.165) is 22.2 Å². The molecule has 0 aliphatic carbocycles. The summed E-state index contributed by atoms with van der Waals surface area (Å²) in [5.41, 5.74) is 1.96. The summed E-state index contributed by atoms with van der Waals surface area (Å²) in [6, 6.07) is 5.67. The van der Waals surface area contributed by atoms with E-state index in [9.17, 15) is 0 Å². The standard InChI is InChI=1S/C11H10ClNO/c1-7-5-10-8(6-11(7)14-2)9(12)3-4-13-10/h3-6H,1-2H3. The van der Waals surface area contributed by atoms with Crippen LogP contribution in [-0.4, -0.2) is 12.1 Å². The molecule has 2 rings (SSSR count). The number of hydrogen-bond acceptors (Lipinski definition) is 2. The minimum Gasteiger partial charge on any atom is -0.496 e. The molecule has 0 saturated carbocycles. The fraction of sp³-hybridized carbons (Fsp3) is 0.182. The number of aromatic nitrogens is 1. The molecule has 0 atom stereocenters. The van der Waals surface area contributed by atoms with Gasteiger partial charge in [0, 0.05) is 11.6 Å². The molecule has 0 spiro atoms. The summed E-state index contributed by atoms with van der Waals surface area (Å²) in [6.45, 7) is 1.99. The van der Waals surface area contributed by atoms with E-state index in [1.165, 1.54) is 0 Å². The summed E-state index contributed by atoms with van der Waals surface area (Å²) >= 11 is 6.04. The largest absolute Gasteiger partial charge is 0.496 e. The van der Waals surface area contributed by atoms with Gasteiger partial charge in [-0.25, -0.2) is 0 Å². The molecule has 0 aliphatic heterocycles. The van der Waals surface area contributed by atoms with E-state index < -0.39 is 0 Å². The number of rotatable bonds is 1. The highest BCUT2D eigenvalue weighted by atomic mass is 35.5. The molecule has 0 saturated heterocycles. The van der Waals surface area contributed by atoms with Crippen molar-refractivity contribution in [2.24, 2.45) is 0 Å². The lowest BCUT2D eigenvalue weighted by Crippen LogP contribution is -1.88. The topological polar surface area (TPSA) is 22.1 Å². The van der Waals surface area contributed by atoms with Gasteiger partial charge in [0.2, 0.25) is 0 Å². The second kappa shape index (κ2) is 3.46. The molecule has 14 heavy (non-hydrogen) atoms. The zero-order valence-corrected chi connectivity index (χ0v) is 8.80. The summed E-state index contributed by atoms with van der Waals surface area (Å²) < 4.78 is 5.22. The lowest BCUT2D eigenvalue weighted by molar-refractivity contribution is 0.412. The van der Waals surface area contributed by atoms with Crippen molar-refractivity contribution in [3.63, 3.8) is 0 Å². The number of benzene rings is 1. The predicted molar refractivity (Wildman–Crippen MR) is 58.0 cm³/mol. The smallest absolute Gasteiger partial charge is 0.122 e. The Morgan fingerprint density at radius 2 is 2.14 bits per heavy atom. The third kappa shape index (κ3) is 1.42. The number of hydrogen-bond donors (Lipinski definition) is 0. The number of methoxy groups -OCH3 is 1. The van der Waals surface area contributed by atoms with Crippen LogP contribution in [0.2, 0.25) is 5.02 Å². The van der Waals surface area contributed by atoms with Crippen LogP contribution in [0.15, 0.2) is 24.4 Å². The molecular weight excluding hydrogens is 198 g/mol. The van der Waals surface area contributed by atoms with Gasteiger partial charge in [-0.3, -0.25) is 4.98 Å². The number of nitrogens with zero attached hydrogens (tertiary/aromatic N) is 1. The molecule has 1 heterocycles. The maximum Gasteiger partial charge on any atom is 0.122 e. The van der Waals surface area contributed by atoms with Gasteiger partial charge >= 0.3 is 0 Å². The van der Waals surface area contributed by atoms with Crippen LogP contribution in [0.3, 0.4) is 0 Å². The molecule has 0 N–H and O–H groups in total. The first-order chi connectivity index (χ1) is 6.72. The van der Waals surface area contributed by atoms with Gasteiger partial charge in [-0.15, -0.1) is 0 Å². The minimum atomic E-state index is 0.702. The first-order valence-electron chi connectivity index (χ1n) is 4.31. The van der Waals surface area contributed by atoms with Crippen LogP contribution in [-0.2, 0) is 0 Å². The van der Waals surface area contributed by atoms with Gasteiger partial charge in [-0.1, -0.05) is 11.6 Å². The Bertz CT molecular complexity index is 482. The van der Waals surface area contributed by atoms with Gasteiger partial charge in [-0.2, -0.15) is 0 Å². The summed E-state index contributed by atoms with van der Waals surface area (Å²) in [5, 5.41) is 1.63. The minimum absolute atomic E-state index is 0.702. The summed E-state index contributed by atoms with van der Waals surface area (Å²) in [6.07, 6.45) is 1.70. The number of ether oxygens (including phenoxy) is 1. The number of aryl methyl sites for hydroxylation is 1. The van der Waals surface area contributed by atoms with E-state index in [-0.39, 0.29) is 0 Å². The molecular formula is C11H10ClNO. The van der Waals surface area contributed by atoms with Crippen molar-refractivity contribution < 1.29 is 4.74 Å². The molecule has 0 radical (unpaired) electrons. The van der Waals surface area contributed by atoms with Crippen LogP contribution in [0.4, 0.5) is 0 Å². The zero-order valence-electron chi connectivity index (χ0n) is 8.04. The lowest BCUT2D eigenvalue weighted by atomic mass is 10.1. The van der Waals surface area contributed by atoms with Crippen molar-refractivity contribution in [3.8, 4) is 5.75 Å². The third-order valence-corrected chi connectivity index (χ3v) is 2.53. The van der Waals surface area contributed by atoms with E-state index in [0.29, 0.717) is 5.02 Å². The first-order valence-corrected chi connectivity index (χ1v) is 4.69. The van der Waals surface area contributed by atoms with Crippen LogP contribution in [0.1, 0.15) is 5.56 Å². The average molecular weight is 208 g/mol. The maximum atomic E-state index is 6.04. The highest BCUT2D eigenvalue weighted by Crippen LogP contribution is 2.28. The fourth-order valence-electron chi connectivity index (χ4n) is 1.46. The third-order valence-electron chi connectivity index (χ3n) is 2.20. The van der Waals surface area contributed by atoms with E-state index in [1.807, 2.05) is 19.1 Å². The second-order valence-electron chi connectivity index (χ2n) is 3.13. The van der Waals surface area contributed by atoms with E-state index in [2.05, 4.69) is 4.98 Å². The van der Waals surface area contributed by atoms with Crippen molar-refractivity contribution in [1.29, 1.82) is 0 Å². The fourth-order valence-corrected chi connectivity index (χ4v) is 1.67. The Morgan fingerprint density at radius 1 is 1.36 bits per heavy atom. The zero-order chi connectivity index (χ0) is 10.1.